The summed E-state index contributed by atoms with van der Waals surface area (Å²) in [5, 5.41) is 1.77. The number of likely N-dealkylation sites (N-methyl/N-ethyl adjacent to an activating group) is 1. The van der Waals surface area contributed by atoms with Crippen LogP contribution in [0.15, 0.2) is 59.2 Å². The zero-order chi connectivity index (χ0) is 20.3. The van der Waals surface area contributed by atoms with Crippen LogP contribution in [-0.2, 0) is 10.0 Å². The van der Waals surface area contributed by atoms with Crippen LogP contribution < -0.4 is 10.1 Å². The summed E-state index contributed by atoms with van der Waals surface area (Å²) >= 11 is 0. The molecule has 0 saturated carbocycles. The van der Waals surface area contributed by atoms with Gasteiger partial charge in [0.25, 0.3) is 10.0 Å². The number of sulfonamides is 1. The first-order valence-electron chi connectivity index (χ1n) is 9.01. The SMILES string of the molecule is Cc1ccc(C2=C(NS(=O)(=O)c3ccccc3)N(CCN(C)C)NC2)cc1F. The molecule has 2 aromatic carbocycles. The summed E-state index contributed by atoms with van der Waals surface area (Å²) in [4.78, 5) is 2.19. The third-order valence-electron chi connectivity index (χ3n) is 4.58. The Labute approximate surface area is 165 Å². The fourth-order valence-corrected chi connectivity index (χ4v) is 4.03. The largest absolute Gasteiger partial charge is 0.308 e. The molecule has 0 radical (unpaired) electrons. The lowest BCUT2D eigenvalue weighted by atomic mass is 10.0. The van der Waals surface area contributed by atoms with Gasteiger partial charge in [0, 0.05) is 25.2 Å². The number of halogens is 1. The maximum atomic E-state index is 14.1. The van der Waals surface area contributed by atoms with E-state index in [1.54, 1.807) is 48.3 Å². The number of benzene rings is 2. The van der Waals surface area contributed by atoms with Crippen molar-refractivity contribution in [3.8, 4) is 0 Å². The lowest BCUT2D eigenvalue weighted by Crippen LogP contribution is -2.42. The summed E-state index contributed by atoms with van der Waals surface area (Å²) in [6, 6.07) is 13.1. The number of nitrogens with one attached hydrogen (secondary N) is 2. The molecule has 2 N–H and O–H groups in total. The topological polar surface area (TPSA) is 64.7 Å². The lowest BCUT2D eigenvalue weighted by Gasteiger charge is -2.25. The Balaban J connectivity index is 2.00. The Morgan fingerprint density at radius 1 is 1.18 bits per heavy atom. The van der Waals surface area contributed by atoms with E-state index in [4.69, 9.17) is 0 Å². The maximum Gasteiger partial charge on any atom is 0.263 e. The average molecular weight is 405 g/mol. The van der Waals surface area contributed by atoms with E-state index in [0.29, 0.717) is 35.6 Å². The highest BCUT2D eigenvalue weighted by atomic mass is 32.2. The van der Waals surface area contributed by atoms with Crippen molar-refractivity contribution < 1.29 is 12.8 Å². The summed E-state index contributed by atoms with van der Waals surface area (Å²) in [7, 11) is 0.125. The third kappa shape index (κ3) is 4.52. The van der Waals surface area contributed by atoms with Gasteiger partial charge in [-0.25, -0.2) is 18.2 Å². The van der Waals surface area contributed by atoms with Gasteiger partial charge in [-0.05, 0) is 50.3 Å². The first-order chi connectivity index (χ1) is 13.3. The van der Waals surface area contributed by atoms with Crippen LogP contribution in [0.25, 0.3) is 5.57 Å². The molecule has 0 aliphatic carbocycles. The van der Waals surface area contributed by atoms with Crippen molar-refractivity contribution in [1.82, 2.24) is 20.1 Å². The molecule has 6 nitrogen and oxygen atoms in total. The molecule has 0 unspecified atom stereocenters. The van der Waals surface area contributed by atoms with Gasteiger partial charge >= 0.3 is 0 Å². The van der Waals surface area contributed by atoms with E-state index in [2.05, 4.69) is 10.1 Å². The van der Waals surface area contributed by atoms with Crippen molar-refractivity contribution >= 4 is 15.6 Å². The van der Waals surface area contributed by atoms with Crippen LogP contribution in [0.2, 0.25) is 0 Å². The van der Waals surface area contributed by atoms with Crippen molar-refractivity contribution in [3.05, 3.63) is 71.3 Å². The summed E-state index contributed by atoms with van der Waals surface area (Å²) in [5.41, 5.74) is 5.10. The second kappa shape index (κ2) is 8.30. The van der Waals surface area contributed by atoms with Gasteiger partial charge in [-0.3, -0.25) is 9.73 Å². The Hall–Kier alpha value is -2.42. The van der Waals surface area contributed by atoms with Crippen molar-refractivity contribution in [3.63, 3.8) is 0 Å². The van der Waals surface area contributed by atoms with Crippen LogP contribution >= 0.6 is 0 Å². The average Bonchev–Trinajstić information content (AvgIpc) is 3.05. The van der Waals surface area contributed by atoms with E-state index in [1.807, 2.05) is 25.1 Å². The molecule has 0 spiro atoms. The molecule has 0 saturated heterocycles. The van der Waals surface area contributed by atoms with Crippen LogP contribution in [0, 0.1) is 12.7 Å². The summed E-state index contributed by atoms with van der Waals surface area (Å²) in [6.45, 7) is 3.39. The van der Waals surface area contributed by atoms with E-state index in [-0.39, 0.29) is 10.7 Å². The molecule has 1 aliphatic heterocycles. The minimum Gasteiger partial charge on any atom is -0.308 e. The highest BCUT2D eigenvalue weighted by Gasteiger charge is 2.28. The van der Waals surface area contributed by atoms with Gasteiger partial charge in [-0.15, -0.1) is 0 Å². The van der Waals surface area contributed by atoms with Gasteiger partial charge in [0.1, 0.15) is 11.6 Å². The number of aryl methyl sites for hydroxylation is 1. The number of hydrazine groups is 1. The van der Waals surface area contributed by atoms with Gasteiger partial charge in [0.2, 0.25) is 0 Å². The molecule has 0 bridgehead atoms. The smallest absolute Gasteiger partial charge is 0.263 e. The van der Waals surface area contributed by atoms with Gasteiger partial charge in [0.05, 0.1) is 4.90 Å². The second-order valence-electron chi connectivity index (χ2n) is 7.00. The van der Waals surface area contributed by atoms with Crippen molar-refractivity contribution in [2.45, 2.75) is 11.8 Å². The van der Waals surface area contributed by atoms with E-state index in [1.165, 1.54) is 6.07 Å². The minimum absolute atomic E-state index is 0.177. The quantitative estimate of drug-likeness (QED) is 0.741. The van der Waals surface area contributed by atoms with Crippen molar-refractivity contribution in [1.29, 1.82) is 0 Å². The molecule has 0 fully saturated rings. The zero-order valence-electron chi connectivity index (χ0n) is 16.2. The number of hydrogen-bond donors (Lipinski definition) is 2. The molecule has 0 aromatic heterocycles. The highest BCUT2D eigenvalue weighted by molar-refractivity contribution is 7.89. The fraction of sp³-hybridized carbons (Fsp3) is 0.300. The predicted molar refractivity (Wildman–Crippen MR) is 108 cm³/mol. The Bertz CT molecular complexity index is 975. The van der Waals surface area contributed by atoms with Crippen LogP contribution in [0.1, 0.15) is 11.1 Å². The molecular formula is C20H25FN4O2S. The molecule has 1 heterocycles. The minimum atomic E-state index is -3.77. The van der Waals surface area contributed by atoms with Crippen LogP contribution in [0.5, 0.6) is 0 Å². The van der Waals surface area contributed by atoms with E-state index < -0.39 is 10.0 Å². The normalized spacial score (nSPS) is 14.8. The summed E-state index contributed by atoms with van der Waals surface area (Å²) in [6.07, 6.45) is 0. The fourth-order valence-electron chi connectivity index (χ4n) is 2.91. The number of hydrogen-bond acceptors (Lipinski definition) is 5. The lowest BCUT2D eigenvalue weighted by molar-refractivity contribution is 0.240. The van der Waals surface area contributed by atoms with E-state index in [9.17, 15) is 12.8 Å². The molecular weight excluding hydrogens is 379 g/mol. The first kappa shape index (κ1) is 20.3. The monoisotopic (exact) mass is 404 g/mol. The molecule has 28 heavy (non-hydrogen) atoms. The first-order valence-corrected chi connectivity index (χ1v) is 10.5. The van der Waals surface area contributed by atoms with Gasteiger partial charge < -0.3 is 4.90 Å². The molecule has 8 heteroatoms. The molecule has 0 atom stereocenters. The van der Waals surface area contributed by atoms with Gasteiger partial charge in [-0.2, -0.15) is 0 Å². The molecule has 2 aromatic rings. The highest BCUT2D eigenvalue weighted by Crippen LogP contribution is 2.26. The Kier molecular flexibility index (Phi) is 6.02. The number of nitrogens with zero attached hydrogens (tertiary/aromatic N) is 2. The van der Waals surface area contributed by atoms with E-state index >= 15 is 0 Å². The molecule has 1 aliphatic rings. The second-order valence-corrected chi connectivity index (χ2v) is 8.68. The molecule has 150 valence electrons. The Morgan fingerprint density at radius 2 is 1.89 bits per heavy atom. The molecule has 3 rings (SSSR count). The number of rotatable bonds is 7. The van der Waals surface area contributed by atoms with Gasteiger partial charge in [0.15, 0.2) is 0 Å². The third-order valence-corrected chi connectivity index (χ3v) is 5.93. The Morgan fingerprint density at radius 3 is 2.54 bits per heavy atom. The van der Waals surface area contributed by atoms with Crippen LogP contribution in [0.4, 0.5) is 4.39 Å². The summed E-state index contributed by atoms with van der Waals surface area (Å²) in [5.74, 6) is 0.107. The predicted octanol–water partition coefficient (Wildman–Crippen LogP) is 2.16. The molecule has 0 amide bonds. The van der Waals surface area contributed by atoms with Crippen molar-refractivity contribution in [2.24, 2.45) is 0 Å². The van der Waals surface area contributed by atoms with Crippen LogP contribution in [0.3, 0.4) is 0 Å². The zero-order valence-corrected chi connectivity index (χ0v) is 17.1. The van der Waals surface area contributed by atoms with E-state index in [0.717, 1.165) is 6.54 Å². The van der Waals surface area contributed by atoms with Crippen LogP contribution in [-0.4, -0.2) is 52.1 Å². The van der Waals surface area contributed by atoms with Crippen molar-refractivity contribution in [2.75, 3.05) is 33.7 Å². The van der Waals surface area contributed by atoms with Gasteiger partial charge in [-0.1, -0.05) is 30.3 Å². The standard InChI is InChI=1S/C20H25FN4O2S/c1-15-9-10-16(13-19(15)21)18-14-22-25(12-11-24(2)3)20(18)23-28(26,27)17-7-5-4-6-8-17/h4-10,13,22-23H,11-12,14H2,1-3H3. The summed E-state index contributed by atoms with van der Waals surface area (Å²) < 4.78 is 42.6. The maximum absolute atomic E-state index is 14.1.